The molecule has 2 aromatic rings. The predicted octanol–water partition coefficient (Wildman–Crippen LogP) is 2.26. The SMILES string of the molecule is Cc1ccc(C(=O)NC2CNCCC2c2ccc(F)c(F)c2)c(=O)[nH]1.Cl. The number of nitrogens with one attached hydrogen (secondary N) is 3. The molecular weight excluding hydrogens is 364 g/mol. The van der Waals surface area contributed by atoms with E-state index in [4.69, 9.17) is 0 Å². The third kappa shape index (κ3) is 4.28. The van der Waals surface area contributed by atoms with Crippen molar-refractivity contribution in [3.8, 4) is 0 Å². The van der Waals surface area contributed by atoms with Crippen LogP contribution in [-0.2, 0) is 0 Å². The van der Waals surface area contributed by atoms with Gasteiger partial charge in [0.25, 0.3) is 11.5 Å². The van der Waals surface area contributed by atoms with Crippen LogP contribution < -0.4 is 16.2 Å². The lowest BCUT2D eigenvalue weighted by molar-refractivity contribution is 0.0923. The lowest BCUT2D eigenvalue weighted by Gasteiger charge is -2.33. The van der Waals surface area contributed by atoms with Gasteiger partial charge in [-0.05, 0) is 49.7 Å². The Balaban J connectivity index is 0.00000243. The zero-order valence-corrected chi connectivity index (χ0v) is 15.0. The minimum Gasteiger partial charge on any atom is -0.347 e. The highest BCUT2D eigenvalue weighted by Crippen LogP contribution is 2.27. The third-order valence-electron chi connectivity index (χ3n) is 4.47. The molecule has 1 fully saturated rings. The van der Waals surface area contributed by atoms with E-state index in [9.17, 15) is 18.4 Å². The highest BCUT2D eigenvalue weighted by molar-refractivity contribution is 5.94. The molecular formula is C18H20ClF2N3O2. The van der Waals surface area contributed by atoms with Gasteiger partial charge in [0.05, 0.1) is 0 Å². The van der Waals surface area contributed by atoms with Gasteiger partial charge >= 0.3 is 0 Å². The maximum atomic E-state index is 13.6. The Bertz CT molecular complexity index is 857. The molecule has 8 heteroatoms. The monoisotopic (exact) mass is 383 g/mol. The standard InChI is InChI=1S/C18H19F2N3O2.ClH/c1-10-2-4-13(17(24)22-10)18(25)23-16-9-21-7-6-12(16)11-3-5-14(19)15(20)8-11;/h2-5,8,12,16,21H,6-7,9H2,1H3,(H,22,24)(H,23,25);1H. The minimum atomic E-state index is -0.906. The number of benzene rings is 1. The number of aromatic amines is 1. The predicted molar refractivity (Wildman–Crippen MR) is 96.9 cm³/mol. The summed E-state index contributed by atoms with van der Waals surface area (Å²) >= 11 is 0. The maximum absolute atomic E-state index is 13.6. The molecule has 140 valence electrons. The van der Waals surface area contributed by atoms with Crippen LogP contribution in [-0.4, -0.2) is 30.0 Å². The van der Waals surface area contributed by atoms with Gasteiger partial charge in [-0.25, -0.2) is 8.78 Å². The molecule has 1 aliphatic rings. The summed E-state index contributed by atoms with van der Waals surface area (Å²) in [5.41, 5.74) is 0.870. The highest BCUT2D eigenvalue weighted by Gasteiger charge is 2.29. The van der Waals surface area contributed by atoms with Crippen molar-refractivity contribution in [1.29, 1.82) is 0 Å². The third-order valence-corrected chi connectivity index (χ3v) is 4.47. The number of halogens is 3. The van der Waals surface area contributed by atoms with Crippen molar-refractivity contribution in [1.82, 2.24) is 15.6 Å². The summed E-state index contributed by atoms with van der Waals surface area (Å²) in [6.45, 7) is 2.92. The molecule has 1 amide bonds. The van der Waals surface area contributed by atoms with Crippen LogP contribution in [0, 0.1) is 18.6 Å². The van der Waals surface area contributed by atoms with E-state index in [-0.39, 0.29) is 29.9 Å². The van der Waals surface area contributed by atoms with Gasteiger partial charge in [0, 0.05) is 24.2 Å². The summed E-state index contributed by atoms with van der Waals surface area (Å²) in [6, 6.07) is 6.60. The van der Waals surface area contributed by atoms with Crippen LogP contribution in [0.4, 0.5) is 8.78 Å². The average molecular weight is 384 g/mol. The fourth-order valence-electron chi connectivity index (χ4n) is 3.15. The summed E-state index contributed by atoms with van der Waals surface area (Å²) < 4.78 is 26.7. The first kappa shape index (κ1) is 20.1. The van der Waals surface area contributed by atoms with Gasteiger partial charge in [-0.2, -0.15) is 0 Å². The number of carbonyl (C=O) groups excluding carboxylic acids is 1. The molecule has 1 aromatic heterocycles. The number of aromatic nitrogens is 1. The maximum Gasteiger partial charge on any atom is 0.260 e. The van der Waals surface area contributed by atoms with Gasteiger partial charge in [0.1, 0.15) is 5.56 Å². The zero-order valence-electron chi connectivity index (χ0n) is 14.1. The first-order valence-electron chi connectivity index (χ1n) is 8.12. The van der Waals surface area contributed by atoms with Crippen LogP contribution >= 0.6 is 12.4 Å². The Labute approximate surface area is 155 Å². The molecule has 1 aliphatic heterocycles. The molecule has 0 aliphatic carbocycles. The van der Waals surface area contributed by atoms with E-state index in [1.165, 1.54) is 18.2 Å². The normalized spacial score (nSPS) is 19.5. The van der Waals surface area contributed by atoms with Crippen LogP contribution in [0.1, 0.15) is 34.0 Å². The molecule has 0 saturated carbocycles. The van der Waals surface area contributed by atoms with Gasteiger partial charge in [-0.3, -0.25) is 9.59 Å². The van der Waals surface area contributed by atoms with E-state index in [2.05, 4.69) is 15.6 Å². The molecule has 3 N–H and O–H groups in total. The van der Waals surface area contributed by atoms with Gasteiger partial charge in [-0.1, -0.05) is 6.07 Å². The Morgan fingerprint density at radius 1 is 1.19 bits per heavy atom. The minimum absolute atomic E-state index is 0. The van der Waals surface area contributed by atoms with E-state index in [1.54, 1.807) is 13.0 Å². The molecule has 0 spiro atoms. The van der Waals surface area contributed by atoms with Crippen molar-refractivity contribution in [3.05, 3.63) is 69.1 Å². The number of H-pyrrole nitrogens is 1. The molecule has 2 unspecified atom stereocenters. The second-order valence-corrected chi connectivity index (χ2v) is 6.24. The topological polar surface area (TPSA) is 74.0 Å². The molecule has 3 rings (SSSR count). The number of carbonyl (C=O) groups is 1. The smallest absolute Gasteiger partial charge is 0.260 e. The second-order valence-electron chi connectivity index (χ2n) is 6.24. The summed E-state index contributed by atoms with van der Waals surface area (Å²) in [4.78, 5) is 27.0. The van der Waals surface area contributed by atoms with Crippen molar-refractivity contribution < 1.29 is 13.6 Å². The first-order chi connectivity index (χ1) is 12.0. The molecule has 0 radical (unpaired) electrons. The van der Waals surface area contributed by atoms with Crippen molar-refractivity contribution >= 4 is 18.3 Å². The largest absolute Gasteiger partial charge is 0.347 e. The van der Waals surface area contributed by atoms with Crippen LogP contribution in [0.2, 0.25) is 0 Å². The molecule has 26 heavy (non-hydrogen) atoms. The van der Waals surface area contributed by atoms with Gasteiger partial charge in [-0.15, -0.1) is 12.4 Å². The summed E-state index contributed by atoms with van der Waals surface area (Å²) in [5, 5.41) is 6.01. The number of aryl methyl sites for hydroxylation is 1. The number of hydrogen-bond acceptors (Lipinski definition) is 3. The summed E-state index contributed by atoms with van der Waals surface area (Å²) in [5.74, 6) is -2.45. The van der Waals surface area contributed by atoms with E-state index < -0.39 is 23.1 Å². The van der Waals surface area contributed by atoms with E-state index >= 15 is 0 Å². The molecule has 2 atom stereocenters. The number of piperidine rings is 1. The lowest BCUT2D eigenvalue weighted by atomic mass is 9.86. The number of hydrogen-bond donors (Lipinski definition) is 3. The van der Waals surface area contributed by atoms with Gasteiger partial charge < -0.3 is 15.6 Å². The zero-order chi connectivity index (χ0) is 18.0. The van der Waals surface area contributed by atoms with E-state index in [0.717, 1.165) is 6.07 Å². The van der Waals surface area contributed by atoms with Crippen LogP contribution in [0.15, 0.2) is 35.1 Å². The van der Waals surface area contributed by atoms with E-state index in [1.807, 2.05) is 0 Å². The summed E-state index contributed by atoms with van der Waals surface area (Å²) in [6.07, 6.45) is 0.667. The number of rotatable bonds is 3. The Morgan fingerprint density at radius 3 is 2.65 bits per heavy atom. The molecule has 5 nitrogen and oxygen atoms in total. The second kappa shape index (κ2) is 8.42. The summed E-state index contributed by atoms with van der Waals surface area (Å²) in [7, 11) is 0. The van der Waals surface area contributed by atoms with Crippen LogP contribution in [0.5, 0.6) is 0 Å². The Kier molecular flexibility index (Phi) is 6.50. The number of pyridine rings is 1. The van der Waals surface area contributed by atoms with Gasteiger partial charge in [0.15, 0.2) is 11.6 Å². The highest BCUT2D eigenvalue weighted by atomic mass is 35.5. The van der Waals surface area contributed by atoms with Crippen molar-refractivity contribution in [2.45, 2.75) is 25.3 Å². The fourth-order valence-corrected chi connectivity index (χ4v) is 3.15. The van der Waals surface area contributed by atoms with E-state index in [0.29, 0.717) is 30.8 Å². The first-order valence-corrected chi connectivity index (χ1v) is 8.12. The molecule has 1 saturated heterocycles. The van der Waals surface area contributed by atoms with Crippen molar-refractivity contribution in [3.63, 3.8) is 0 Å². The quantitative estimate of drug-likeness (QED) is 0.761. The fraction of sp³-hybridized carbons (Fsp3) is 0.333. The number of amides is 1. The van der Waals surface area contributed by atoms with Crippen molar-refractivity contribution in [2.24, 2.45) is 0 Å². The molecule has 2 heterocycles. The van der Waals surface area contributed by atoms with Crippen LogP contribution in [0.3, 0.4) is 0 Å². The lowest BCUT2D eigenvalue weighted by Crippen LogP contribution is -2.50. The molecule has 0 bridgehead atoms. The average Bonchev–Trinajstić information content (AvgIpc) is 2.58. The van der Waals surface area contributed by atoms with Crippen LogP contribution in [0.25, 0.3) is 0 Å². The Hall–Kier alpha value is -2.25. The van der Waals surface area contributed by atoms with Crippen molar-refractivity contribution in [2.75, 3.05) is 13.1 Å². The van der Waals surface area contributed by atoms with Gasteiger partial charge in [0.2, 0.25) is 0 Å². The Morgan fingerprint density at radius 2 is 1.96 bits per heavy atom. The molecule has 1 aromatic carbocycles.